The lowest BCUT2D eigenvalue weighted by Crippen LogP contribution is -2.40. The van der Waals surface area contributed by atoms with Crippen molar-refractivity contribution in [1.82, 2.24) is 4.90 Å². The number of carbonyl (C=O) groups excluding carboxylic acids is 1. The van der Waals surface area contributed by atoms with Crippen LogP contribution < -0.4 is 9.47 Å². The second-order valence-electron chi connectivity index (χ2n) is 6.38. The summed E-state index contributed by atoms with van der Waals surface area (Å²) in [7, 11) is 1.67. The Morgan fingerprint density at radius 1 is 1.21 bits per heavy atom. The number of hydrogen-bond donors (Lipinski definition) is 0. The second kappa shape index (κ2) is 6.19. The van der Waals surface area contributed by atoms with Gasteiger partial charge in [0.2, 0.25) is 0 Å². The van der Waals surface area contributed by atoms with Crippen LogP contribution in [-0.4, -0.2) is 30.6 Å². The quantitative estimate of drug-likeness (QED) is 0.869. The van der Waals surface area contributed by atoms with Gasteiger partial charge in [-0.15, -0.1) is 0 Å². The molecule has 1 saturated heterocycles. The molecular weight excluding hydrogens is 302 g/mol. The van der Waals surface area contributed by atoms with Gasteiger partial charge in [-0.25, -0.2) is 0 Å². The van der Waals surface area contributed by atoms with Gasteiger partial charge in [-0.1, -0.05) is 30.3 Å². The van der Waals surface area contributed by atoms with E-state index in [1.165, 1.54) is 0 Å². The maximum atomic E-state index is 13.0. The zero-order chi connectivity index (χ0) is 16.5. The van der Waals surface area contributed by atoms with Crippen LogP contribution in [0.4, 0.5) is 0 Å². The van der Waals surface area contributed by atoms with Crippen molar-refractivity contribution in [1.29, 1.82) is 0 Å². The van der Waals surface area contributed by atoms with Crippen molar-refractivity contribution in [3.63, 3.8) is 0 Å². The summed E-state index contributed by atoms with van der Waals surface area (Å²) in [4.78, 5) is 15.0. The summed E-state index contributed by atoms with van der Waals surface area (Å²) in [6.45, 7) is 0.789. The van der Waals surface area contributed by atoms with E-state index >= 15 is 0 Å². The molecule has 0 aliphatic carbocycles. The van der Waals surface area contributed by atoms with Gasteiger partial charge in [-0.2, -0.15) is 0 Å². The van der Waals surface area contributed by atoms with E-state index in [1.54, 1.807) is 7.11 Å². The molecule has 0 aromatic heterocycles. The Kier molecular flexibility index (Phi) is 3.89. The molecule has 0 bridgehead atoms. The maximum absolute atomic E-state index is 13.0. The molecule has 0 saturated carbocycles. The minimum absolute atomic E-state index is 0.0940. The number of nitrogens with zero attached hydrogens (tertiary/aromatic N) is 1. The number of carbonyl (C=O) groups is 1. The van der Waals surface area contributed by atoms with Gasteiger partial charge >= 0.3 is 0 Å². The SMILES string of the molecule is COc1cccc([C@@H]2CCCN2C(=O)[C@@H]2Cc3ccccc3O2)c1. The fourth-order valence-electron chi connectivity index (χ4n) is 3.73. The van der Waals surface area contributed by atoms with Gasteiger partial charge < -0.3 is 14.4 Å². The van der Waals surface area contributed by atoms with Crippen LogP contribution in [0.3, 0.4) is 0 Å². The highest BCUT2D eigenvalue weighted by atomic mass is 16.5. The highest BCUT2D eigenvalue weighted by Crippen LogP contribution is 2.36. The van der Waals surface area contributed by atoms with E-state index in [0.29, 0.717) is 6.42 Å². The minimum Gasteiger partial charge on any atom is -0.497 e. The summed E-state index contributed by atoms with van der Waals surface area (Å²) in [6.07, 6.45) is 2.27. The Morgan fingerprint density at radius 3 is 2.92 bits per heavy atom. The smallest absolute Gasteiger partial charge is 0.264 e. The highest BCUT2D eigenvalue weighted by molar-refractivity contribution is 5.83. The predicted octanol–water partition coefficient (Wildman–Crippen LogP) is 3.36. The third-order valence-corrected chi connectivity index (χ3v) is 4.94. The Balaban J connectivity index is 1.54. The number of ether oxygens (including phenoxy) is 2. The van der Waals surface area contributed by atoms with Gasteiger partial charge in [0.25, 0.3) is 5.91 Å². The Labute approximate surface area is 142 Å². The molecule has 2 atom stereocenters. The molecule has 2 heterocycles. The summed E-state index contributed by atoms with van der Waals surface area (Å²) in [5.41, 5.74) is 2.25. The fourth-order valence-corrected chi connectivity index (χ4v) is 3.73. The number of para-hydroxylation sites is 1. The molecule has 124 valence electrons. The van der Waals surface area contributed by atoms with E-state index in [-0.39, 0.29) is 11.9 Å². The number of rotatable bonds is 3. The van der Waals surface area contributed by atoms with Crippen molar-refractivity contribution in [3.05, 3.63) is 59.7 Å². The normalized spacial score (nSPS) is 22.1. The van der Waals surface area contributed by atoms with Gasteiger partial charge in [-0.3, -0.25) is 4.79 Å². The molecule has 24 heavy (non-hydrogen) atoms. The first-order chi connectivity index (χ1) is 11.8. The summed E-state index contributed by atoms with van der Waals surface area (Å²) in [6, 6.07) is 16.0. The molecular formula is C20H21NO3. The molecule has 1 fully saturated rings. The van der Waals surface area contributed by atoms with Crippen LogP contribution in [0.25, 0.3) is 0 Å². The molecule has 4 nitrogen and oxygen atoms in total. The molecule has 2 aliphatic heterocycles. The second-order valence-corrected chi connectivity index (χ2v) is 6.38. The molecule has 1 amide bonds. The Morgan fingerprint density at radius 2 is 2.08 bits per heavy atom. The third kappa shape index (κ3) is 2.62. The molecule has 4 heteroatoms. The Bertz CT molecular complexity index is 733. The summed E-state index contributed by atoms with van der Waals surface area (Å²) in [5.74, 6) is 1.76. The molecule has 0 radical (unpaired) electrons. The number of benzene rings is 2. The van der Waals surface area contributed by atoms with Crippen LogP contribution in [0.15, 0.2) is 48.5 Å². The van der Waals surface area contributed by atoms with E-state index in [1.807, 2.05) is 47.4 Å². The van der Waals surface area contributed by atoms with Crippen molar-refractivity contribution in [3.8, 4) is 11.5 Å². The maximum Gasteiger partial charge on any atom is 0.264 e. The number of amides is 1. The van der Waals surface area contributed by atoms with Crippen LogP contribution in [-0.2, 0) is 11.2 Å². The van der Waals surface area contributed by atoms with Gasteiger partial charge in [0.1, 0.15) is 11.5 Å². The van der Waals surface area contributed by atoms with Crippen molar-refractivity contribution in [2.75, 3.05) is 13.7 Å². The topological polar surface area (TPSA) is 38.8 Å². The molecule has 2 aliphatic rings. The summed E-state index contributed by atoms with van der Waals surface area (Å²) >= 11 is 0. The minimum atomic E-state index is -0.395. The van der Waals surface area contributed by atoms with Crippen LogP contribution in [0.5, 0.6) is 11.5 Å². The first-order valence-corrected chi connectivity index (χ1v) is 8.45. The third-order valence-electron chi connectivity index (χ3n) is 4.94. The Hall–Kier alpha value is -2.49. The van der Waals surface area contributed by atoms with Crippen molar-refractivity contribution >= 4 is 5.91 Å². The zero-order valence-electron chi connectivity index (χ0n) is 13.8. The average molecular weight is 323 g/mol. The van der Waals surface area contributed by atoms with E-state index in [9.17, 15) is 4.79 Å². The number of hydrogen-bond acceptors (Lipinski definition) is 3. The van der Waals surface area contributed by atoms with Crippen molar-refractivity contribution in [2.24, 2.45) is 0 Å². The van der Waals surface area contributed by atoms with Crippen molar-refractivity contribution < 1.29 is 14.3 Å². The lowest BCUT2D eigenvalue weighted by atomic mass is 10.0. The van der Waals surface area contributed by atoms with Gasteiger partial charge in [0.15, 0.2) is 6.10 Å². The summed E-state index contributed by atoms with van der Waals surface area (Å²) < 4.78 is 11.2. The van der Waals surface area contributed by atoms with E-state index in [4.69, 9.17) is 9.47 Å². The standard InChI is InChI=1S/C20H21NO3/c1-23-16-8-4-7-14(12-16)17-9-5-11-21(17)20(22)19-13-15-6-2-3-10-18(15)24-19/h2-4,6-8,10,12,17,19H,5,9,11,13H2,1H3/t17-,19-/m0/s1. The first kappa shape index (κ1) is 15.1. The molecule has 0 unspecified atom stereocenters. The lowest BCUT2D eigenvalue weighted by Gasteiger charge is -2.27. The largest absolute Gasteiger partial charge is 0.497 e. The molecule has 0 N–H and O–H groups in total. The van der Waals surface area contributed by atoms with Crippen LogP contribution >= 0.6 is 0 Å². The van der Waals surface area contributed by atoms with E-state index < -0.39 is 6.10 Å². The molecule has 0 spiro atoms. The van der Waals surface area contributed by atoms with Gasteiger partial charge in [0.05, 0.1) is 13.2 Å². The average Bonchev–Trinajstić information content (AvgIpc) is 3.28. The van der Waals surface area contributed by atoms with Gasteiger partial charge in [-0.05, 0) is 42.2 Å². The molecule has 2 aromatic carbocycles. The zero-order valence-corrected chi connectivity index (χ0v) is 13.8. The number of likely N-dealkylation sites (tertiary alicyclic amines) is 1. The van der Waals surface area contributed by atoms with Gasteiger partial charge in [0, 0.05) is 13.0 Å². The monoisotopic (exact) mass is 323 g/mol. The van der Waals surface area contributed by atoms with E-state index in [0.717, 1.165) is 42.0 Å². The van der Waals surface area contributed by atoms with Crippen LogP contribution in [0.2, 0.25) is 0 Å². The first-order valence-electron chi connectivity index (χ1n) is 8.45. The van der Waals surface area contributed by atoms with Crippen LogP contribution in [0.1, 0.15) is 30.0 Å². The lowest BCUT2D eigenvalue weighted by molar-refractivity contribution is -0.138. The predicted molar refractivity (Wildman–Crippen MR) is 91.2 cm³/mol. The van der Waals surface area contributed by atoms with E-state index in [2.05, 4.69) is 6.07 Å². The highest BCUT2D eigenvalue weighted by Gasteiger charge is 2.37. The summed E-state index contributed by atoms with van der Waals surface area (Å²) in [5, 5.41) is 0. The van der Waals surface area contributed by atoms with Crippen LogP contribution in [0, 0.1) is 0 Å². The van der Waals surface area contributed by atoms with Crippen molar-refractivity contribution in [2.45, 2.75) is 31.4 Å². The number of fused-ring (bicyclic) bond motifs is 1. The molecule has 4 rings (SSSR count). The number of methoxy groups -OCH3 is 1. The molecule has 2 aromatic rings. The fraction of sp³-hybridized carbons (Fsp3) is 0.350.